The normalized spacial score (nSPS) is 17.8. The van der Waals surface area contributed by atoms with E-state index in [1.54, 1.807) is 37.8 Å². The quantitative estimate of drug-likeness (QED) is 0.456. The number of benzene rings is 1. The first-order valence-electron chi connectivity index (χ1n) is 11.8. The number of sulfonamides is 1. The Kier molecular flexibility index (Phi) is 9.64. The van der Waals surface area contributed by atoms with Gasteiger partial charge in [-0.05, 0) is 43.7 Å². The number of likely N-dealkylation sites (tertiary alicyclic amines) is 1. The van der Waals surface area contributed by atoms with Gasteiger partial charge in [0, 0.05) is 19.0 Å². The average Bonchev–Trinajstić information content (AvgIpc) is 2.80. The van der Waals surface area contributed by atoms with Gasteiger partial charge in [-0.3, -0.25) is 9.59 Å². The van der Waals surface area contributed by atoms with Crippen molar-refractivity contribution in [3.8, 4) is 0 Å². The van der Waals surface area contributed by atoms with Crippen molar-refractivity contribution in [2.75, 3.05) is 13.1 Å². The summed E-state index contributed by atoms with van der Waals surface area (Å²) in [6.45, 7) is 9.67. The van der Waals surface area contributed by atoms with E-state index in [0.717, 1.165) is 5.56 Å². The number of amides is 2. The number of aryl methyl sites for hydroxylation is 1. The van der Waals surface area contributed by atoms with E-state index in [2.05, 4.69) is 10.0 Å². The number of nitrogens with one attached hydrogen (secondary N) is 2. The third-order valence-corrected chi connectivity index (χ3v) is 7.96. The lowest BCUT2D eigenvalue weighted by atomic mass is 9.93. The predicted molar refractivity (Wildman–Crippen MR) is 128 cm³/mol. The molecule has 1 fully saturated rings. The Balaban J connectivity index is 2.02. The monoisotopic (exact) mass is 495 g/mol. The highest BCUT2D eigenvalue weighted by Crippen LogP contribution is 2.21. The minimum absolute atomic E-state index is 0.0984. The fraction of sp³-hybridized carbons (Fsp3) is 0.625. The fourth-order valence-corrected chi connectivity index (χ4v) is 5.27. The first-order valence-corrected chi connectivity index (χ1v) is 13.3. The Morgan fingerprint density at radius 3 is 2.09 bits per heavy atom. The maximum absolute atomic E-state index is 13.2. The van der Waals surface area contributed by atoms with Crippen LogP contribution in [-0.2, 0) is 24.4 Å². The van der Waals surface area contributed by atoms with Gasteiger partial charge in [0.05, 0.1) is 4.90 Å². The largest absolute Gasteiger partial charge is 0.480 e. The Morgan fingerprint density at radius 1 is 1.06 bits per heavy atom. The van der Waals surface area contributed by atoms with Gasteiger partial charge in [0.2, 0.25) is 21.8 Å². The lowest BCUT2D eigenvalue weighted by Gasteiger charge is -2.35. The van der Waals surface area contributed by atoms with Crippen molar-refractivity contribution in [1.82, 2.24) is 14.9 Å². The zero-order valence-electron chi connectivity index (χ0n) is 20.6. The summed E-state index contributed by atoms with van der Waals surface area (Å²) < 4.78 is 28.2. The van der Waals surface area contributed by atoms with Crippen molar-refractivity contribution in [2.45, 2.75) is 70.9 Å². The van der Waals surface area contributed by atoms with Crippen molar-refractivity contribution in [1.29, 1.82) is 0 Å². The Morgan fingerprint density at radius 2 is 1.62 bits per heavy atom. The molecule has 1 aromatic rings. The molecule has 190 valence electrons. The van der Waals surface area contributed by atoms with Gasteiger partial charge in [-0.2, -0.15) is 4.72 Å². The van der Waals surface area contributed by atoms with Gasteiger partial charge >= 0.3 is 5.97 Å². The van der Waals surface area contributed by atoms with Crippen LogP contribution < -0.4 is 10.0 Å². The van der Waals surface area contributed by atoms with Crippen molar-refractivity contribution in [3.63, 3.8) is 0 Å². The number of nitrogens with zero attached hydrogens (tertiary/aromatic N) is 1. The minimum Gasteiger partial charge on any atom is -0.480 e. The first kappa shape index (κ1) is 27.8. The average molecular weight is 496 g/mol. The molecule has 0 radical (unpaired) electrons. The van der Waals surface area contributed by atoms with Crippen LogP contribution in [0, 0.1) is 24.7 Å². The molecule has 0 aromatic heterocycles. The van der Waals surface area contributed by atoms with E-state index in [1.165, 1.54) is 12.1 Å². The molecule has 0 bridgehead atoms. The summed E-state index contributed by atoms with van der Waals surface area (Å²) in [6, 6.07) is 4.54. The third kappa shape index (κ3) is 7.02. The highest BCUT2D eigenvalue weighted by molar-refractivity contribution is 7.89. The van der Waals surface area contributed by atoms with Crippen LogP contribution in [0.2, 0.25) is 0 Å². The standard InChI is InChI=1S/C24H37N3O6S/c1-6-17(5)21(24(30)31)25-22(28)18-11-13-27(14-12-18)23(29)20(15(2)3)26-34(32,33)19-9-7-16(4)8-10-19/h7-10,15,17-18,20-21,26H,6,11-14H2,1-5H3,(H,25,28)(H,30,31)/t17-,20+,21+/m1/s1. The van der Waals surface area contributed by atoms with E-state index in [1.807, 2.05) is 13.8 Å². The molecule has 0 saturated carbocycles. The van der Waals surface area contributed by atoms with E-state index in [0.29, 0.717) is 32.4 Å². The molecule has 0 aliphatic carbocycles. The maximum atomic E-state index is 13.2. The first-order chi connectivity index (χ1) is 15.9. The van der Waals surface area contributed by atoms with E-state index >= 15 is 0 Å². The van der Waals surface area contributed by atoms with Crippen LogP contribution in [0.3, 0.4) is 0 Å². The SMILES string of the molecule is CC[C@@H](C)[C@H](NC(=O)C1CCN(C(=O)[C@@H](NS(=O)(=O)c2ccc(C)cc2)C(C)C)CC1)C(=O)O. The molecule has 2 amide bonds. The summed E-state index contributed by atoms with van der Waals surface area (Å²) in [5.41, 5.74) is 0.932. The highest BCUT2D eigenvalue weighted by atomic mass is 32.2. The molecular formula is C24H37N3O6S. The molecule has 1 aliphatic heterocycles. The molecule has 1 aliphatic rings. The van der Waals surface area contributed by atoms with Crippen molar-refractivity contribution >= 4 is 27.8 Å². The number of rotatable bonds is 10. The summed E-state index contributed by atoms with van der Waals surface area (Å²) in [4.78, 5) is 39.0. The fourth-order valence-electron chi connectivity index (χ4n) is 3.94. The molecule has 1 aromatic carbocycles. The van der Waals surface area contributed by atoms with Crippen molar-refractivity contribution in [3.05, 3.63) is 29.8 Å². The van der Waals surface area contributed by atoms with Gasteiger partial charge in [0.1, 0.15) is 12.1 Å². The molecule has 10 heteroatoms. The van der Waals surface area contributed by atoms with Crippen LogP contribution in [0.15, 0.2) is 29.2 Å². The predicted octanol–water partition coefficient (Wildman–Crippen LogP) is 2.15. The van der Waals surface area contributed by atoms with Crippen LogP contribution in [0.1, 0.15) is 52.5 Å². The zero-order chi connectivity index (χ0) is 25.6. The number of hydrogen-bond donors (Lipinski definition) is 3. The van der Waals surface area contributed by atoms with E-state index < -0.39 is 34.0 Å². The van der Waals surface area contributed by atoms with E-state index in [9.17, 15) is 27.9 Å². The molecule has 0 unspecified atom stereocenters. The lowest BCUT2D eigenvalue weighted by molar-refractivity contribution is -0.144. The van der Waals surface area contributed by atoms with E-state index in [-0.39, 0.29) is 28.5 Å². The van der Waals surface area contributed by atoms with Crippen molar-refractivity contribution in [2.24, 2.45) is 17.8 Å². The van der Waals surface area contributed by atoms with Crippen LogP contribution in [0.25, 0.3) is 0 Å². The van der Waals surface area contributed by atoms with Crippen molar-refractivity contribution < 1.29 is 27.9 Å². The summed E-state index contributed by atoms with van der Waals surface area (Å²) >= 11 is 0. The Bertz CT molecular complexity index is 969. The van der Waals surface area contributed by atoms with Gasteiger partial charge in [0.25, 0.3) is 0 Å². The molecule has 2 rings (SSSR count). The number of carbonyl (C=O) groups is 3. The van der Waals surface area contributed by atoms with E-state index in [4.69, 9.17) is 0 Å². The molecule has 1 heterocycles. The lowest BCUT2D eigenvalue weighted by Crippen LogP contribution is -2.54. The molecular weight excluding hydrogens is 458 g/mol. The second-order valence-electron chi connectivity index (χ2n) is 9.47. The number of piperidine rings is 1. The maximum Gasteiger partial charge on any atom is 0.326 e. The molecule has 34 heavy (non-hydrogen) atoms. The Hall–Kier alpha value is -2.46. The van der Waals surface area contributed by atoms with Crippen LogP contribution in [0.5, 0.6) is 0 Å². The van der Waals surface area contributed by atoms with Gasteiger partial charge < -0.3 is 15.3 Å². The van der Waals surface area contributed by atoms with Gasteiger partial charge in [-0.1, -0.05) is 51.8 Å². The number of carboxylic acid groups (broad SMARTS) is 1. The summed E-state index contributed by atoms with van der Waals surface area (Å²) in [5.74, 6) is -2.57. The smallest absolute Gasteiger partial charge is 0.326 e. The van der Waals surface area contributed by atoms with Crippen LogP contribution in [-0.4, -0.2) is 61.4 Å². The topological polar surface area (TPSA) is 133 Å². The summed E-state index contributed by atoms with van der Waals surface area (Å²) in [5, 5.41) is 12.1. The molecule has 0 spiro atoms. The summed E-state index contributed by atoms with van der Waals surface area (Å²) in [7, 11) is -3.88. The second kappa shape index (κ2) is 11.8. The van der Waals surface area contributed by atoms with Gasteiger partial charge in [0.15, 0.2) is 0 Å². The molecule has 1 saturated heterocycles. The number of carboxylic acids is 1. The number of carbonyl (C=O) groups excluding carboxylic acids is 2. The van der Waals surface area contributed by atoms with Crippen LogP contribution in [0.4, 0.5) is 0 Å². The van der Waals surface area contributed by atoms with Gasteiger partial charge in [-0.25, -0.2) is 13.2 Å². The second-order valence-corrected chi connectivity index (χ2v) is 11.2. The minimum atomic E-state index is -3.88. The Labute approximate surface area is 202 Å². The zero-order valence-corrected chi connectivity index (χ0v) is 21.4. The number of aliphatic carboxylic acids is 1. The highest BCUT2D eigenvalue weighted by Gasteiger charge is 2.36. The van der Waals surface area contributed by atoms with Gasteiger partial charge in [-0.15, -0.1) is 0 Å². The third-order valence-electron chi connectivity index (χ3n) is 6.50. The molecule has 3 N–H and O–H groups in total. The summed E-state index contributed by atoms with van der Waals surface area (Å²) in [6.07, 6.45) is 1.40. The molecule has 3 atom stereocenters. The molecule has 9 nitrogen and oxygen atoms in total. The number of hydrogen-bond acceptors (Lipinski definition) is 5. The van der Waals surface area contributed by atoms with Crippen LogP contribution >= 0.6 is 0 Å².